The molecular weight excluding hydrogens is 247 g/mol. The maximum absolute atomic E-state index is 12.8. The van der Waals surface area contributed by atoms with Gasteiger partial charge in [-0.25, -0.2) is 4.39 Å². The smallest absolute Gasteiger partial charge is 0.260 e. The lowest BCUT2D eigenvalue weighted by molar-refractivity contribution is 0.0938. The second kappa shape index (κ2) is 5.48. The molecule has 1 amide bonds. The van der Waals surface area contributed by atoms with Crippen molar-refractivity contribution in [1.29, 1.82) is 0 Å². The molecule has 1 unspecified atom stereocenters. The van der Waals surface area contributed by atoms with Gasteiger partial charge in [0.2, 0.25) is 0 Å². The molecular formula is C14H13FN2O2. The van der Waals surface area contributed by atoms with Crippen LogP contribution in [0.25, 0.3) is 0 Å². The predicted molar refractivity (Wildman–Crippen MR) is 69.3 cm³/mol. The lowest BCUT2D eigenvalue weighted by Crippen LogP contribution is -2.31. The van der Waals surface area contributed by atoms with E-state index in [2.05, 4.69) is 10.3 Å². The van der Waals surface area contributed by atoms with Gasteiger partial charge in [0.1, 0.15) is 11.4 Å². The quantitative estimate of drug-likeness (QED) is 0.886. The number of hydrogen-bond donors (Lipinski definition) is 2. The lowest BCUT2D eigenvalue weighted by Gasteiger charge is -2.13. The fraction of sp³-hybridized carbons (Fsp3) is 0.143. The standard InChI is InChI=1S/C14H13FN2O2/c1-9(10-4-6-11(15)7-5-10)17-14(19)12-3-2-8-16-13(12)18/h2-9H,1H3,(H,16,18)(H,17,19). The Hall–Kier alpha value is -2.43. The molecule has 0 spiro atoms. The van der Waals surface area contributed by atoms with Crippen LogP contribution in [0.3, 0.4) is 0 Å². The van der Waals surface area contributed by atoms with Crippen molar-refractivity contribution in [2.45, 2.75) is 13.0 Å². The van der Waals surface area contributed by atoms with Crippen LogP contribution in [0, 0.1) is 5.82 Å². The number of halogens is 1. The Balaban J connectivity index is 2.13. The summed E-state index contributed by atoms with van der Waals surface area (Å²) in [7, 11) is 0. The highest BCUT2D eigenvalue weighted by atomic mass is 19.1. The number of rotatable bonds is 3. The van der Waals surface area contributed by atoms with Crippen LogP contribution >= 0.6 is 0 Å². The van der Waals surface area contributed by atoms with Gasteiger partial charge in [-0.15, -0.1) is 0 Å². The van der Waals surface area contributed by atoms with Crippen LogP contribution in [-0.4, -0.2) is 10.9 Å². The van der Waals surface area contributed by atoms with Gasteiger partial charge in [0.25, 0.3) is 11.5 Å². The number of pyridine rings is 1. The van der Waals surface area contributed by atoms with E-state index >= 15 is 0 Å². The van der Waals surface area contributed by atoms with Crippen molar-refractivity contribution in [3.05, 3.63) is 69.9 Å². The van der Waals surface area contributed by atoms with E-state index < -0.39 is 11.5 Å². The van der Waals surface area contributed by atoms with Crippen LogP contribution in [0.15, 0.2) is 47.4 Å². The monoisotopic (exact) mass is 260 g/mol. The zero-order valence-electron chi connectivity index (χ0n) is 10.3. The molecule has 0 radical (unpaired) electrons. The average molecular weight is 260 g/mol. The summed E-state index contributed by atoms with van der Waals surface area (Å²) in [5, 5.41) is 2.69. The highest BCUT2D eigenvalue weighted by molar-refractivity contribution is 5.93. The normalized spacial score (nSPS) is 11.9. The van der Waals surface area contributed by atoms with Crippen LogP contribution < -0.4 is 10.9 Å². The molecule has 2 N–H and O–H groups in total. The summed E-state index contributed by atoms with van der Waals surface area (Å²) >= 11 is 0. The summed E-state index contributed by atoms with van der Waals surface area (Å²) in [6, 6.07) is 8.56. The van der Waals surface area contributed by atoms with Crippen molar-refractivity contribution < 1.29 is 9.18 Å². The van der Waals surface area contributed by atoms with Crippen LogP contribution in [-0.2, 0) is 0 Å². The van der Waals surface area contributed by atoms with E-state index in [9.17, 15) is 14.0 Å². The predicted octanol–water partition coefficient (Wildman–Crippen LogP) is 2.00. The van der Waals surface area contributed by atoms with Gasteiger partial charge in [-0.05, 0) is 36.8 Å². The second-order valence-electron chi connectivity index (χ2n) is 4.16. The molecule has 1 aromatic heterocycles. The number of hydrogen-bond acceptors (Lipinski definition) is 2. The van der Waals surface area contributed by atoms with Crippen LogP contribution in [0.1, 0.15) is 28.9 Å². The highest BCUT2D eigenvalue weighted by Crippen LogP contribution is 2.13. The Morgan fingerprint density at radius 3 is 2.58 bits per heavy atom. The number of benzene rings is 1. The van der Waals surface area contributed by atoms with Crippen molar-refractivity contribution in [1.82, 2.24) is 10.3 Å². The number of carbonyl (C=O) groups excluding carboxylic acids is 1. The third-order valence-electron chi connectivity index (χ3n) is 2.78. The third kappa shape index (κ3) is 3.07. The third-order valence-corrected chi connectivity index (χ3v) is 2.78. The molecule has 0 aliphatic heterocycles. The summed E-state index contributed by atoms with van der Waals surface area (Å²) in [6.45, 7) is 1.77. The fourth-order valence-electron chi connectivity index (χ4n) is 1.71. The molecule has 5 heteroatoms. The topological polar surface area (TPSA) is 62.0 Å². The van der Waals surface area contributed by atoms with Crippen LogP contribution in [0.4, 0.5) is 4.39 Å². The molecule has 0 bridgehead atoms. The lowest BCUT2D eigenvalue weighted by atomic mass is 10.1. The van der Waals surface area contributed by atoms with Gasteiger partial charge in [0, 0.05) is 6.20 Å². The van der Waals surface area contributed by atoms with Gasteiger partial charge in [-0.2, -0.15) is 0 Å². The molecule has 98 valence electrons. The molecule has 0 saturated heterocycles. The zero-order chi connectivity index (χ0) is 13.8. The van der Waals surface area contributed by atoms with Gasteiger partial charge in [0.05, 0.1) is 6.04 Å². The maximum Gasteiger partial charge on any atom is 0.260 e. The number of carbonyl (C=O) groups is 1. The van der Waals surface area contributed by atoms with E-state index in [1.807, 2.05) is 0 Å². The molecule has 0 fully saturated rings. The van der Waals surface area contributed by atoms with Gasteiger partial charge >= 0.3 is 0 Å². The van der Waals surface area contributed by atoms with Gasteiger partial charge in [0.15, 0.2) is 0 Å². The Labute approximate surface area is 109 Å². The van der Waals surface area contributed by atoms with Crippen molar-refractivity contribution in [3.8, 4) is 0 Å². The number of H-pyrrole nitrogens is 1. The minimum absolute atomic E-state index is 0.0523. The Morgan fingerprint density at radius 2 is 1.95 bits per heavy atom. The van der Waals surface area contributed by atoms with E-state index in [0.29, 0.717) is 0 Å². The van der Waals surface area contributed by atoms with E-state index in [1.54, 1.807) is 25.1 Å². The minimum atomic E-state index is -0.460. The molecule has 1 heterocycles. The molecule has 4 nitrogen and oxygen atoms in total. The largest absolute Gasteiger partial charge is 0.345 e. The number of nitrogens with one attached hydrogen (secondary N) is 2. The summed E-state index contributed by atoms with van der Waals surface area (Å²) in [5.74, 6) is -0.791. The SMILES string of the molecule is CC(NC(=O)c1ccc[nH]c1=O)c1ccc(F)cc1. The molecule has 2 aromatic rings. The maximum atomic E-state index is 12.8. The van der Waals surface area contributed by atoms with E-state index in [1.165, 1.54) is 24.4 Å². The van der Waals surface area contributed by atoms with Crippen molar-refractivity contribution in [2.24, 2.45) is 0 Å². The van der Waals surface area contributed by atoms with Crippen LogP contribution in [0.2, 0.25) is 0 Å². The second-order valence-corrected chi connectivity index (χ2v) is 4.16. The molecule has 1 atom stereocenters. The number of amides is 1. The van der Waals surface area contributed by atoms with Crippen molar-refractivity contribution >= 4 is 5.91 Å². The highest BCUT2D eigenvalue weighted by Gasteiger charge is 2.13. The average Bonchev–Trinajstić information content (AvgIpc) is 2.39. The molecule has 2 rings (SSSR count). The van der Waals surface area contributed by atoms with Crippen molar-refractivity contribution in [2.75, 3.05) is 0 Å². The molecule has 1 aromatic carbocycles. The van der Waals surface area contributed by atoms with Gasteiger partial charge in [-0.3, -0.25) is 9.59 Å². The Kier molecular flexibility index (Phi) is 3.75. The zero-order valence-corrected chi connectivity index (χ0v) is 10.3. The van der Waals surface area contributed by atoms with Crippen LogP contribution in [0.5, 0.6) is 0 Å². The van der Waals surface area contributed by atoms with E-state index in [0.717, 1.165) is 5.56 Å². The number of aromatic amines is 1. The summed E-state index contributed by atoms with van der Waals surface area (Å²) in [6.07, 6.45) is 1.46. The summed E-state index contributed by atoms with van der Waals surface area (Å²) in [4.78, 5) is 25.8. The van der Waals surface area contributed by atoms with Gasteiger partial charge < -0.3 is 10.3 Å². The Bertz CT molecular complexity index is 634. The summed E-state index contributed by atoms with van der Waals surface area (Å²) < 4.78 is 12.8. The first-order chi connectivity index (χ1) is 9.08. The van der Waals surface area contributed by atoms with E-state index in [-0.39, 0.29) is 17.4 Å². The fourth-order valence-corrected chi connectivity index (χ4v) is 1.71. The summed E-state index contributed by atoms with van der Waals surface area (Å²) in [5.41, 5.74) is 0.380. The van der Waals surface area contributed by atoms with Crippen molar-refractivity contribution in [3.63, 3.8) is 0 Å². The minimum Gasteiger partial charge on any atom is -0.345 e. The Morgan fingerprint density at radius 1 is 1.26 bits per heavy atom. The van der Waals surface area contributed by atoms with Gasteiger partial charge in [-0.1, -0.05) is 12.1 Å². The number of aromatic nitrogens is 1. The first-order valence-corrected chi connectivity index (χ1v) is 5.82. The first kappa shape index (κ1) is 13.0. The molecule has 19 heavy (non-hydrogen) atoms. The van der Waals surface area contributed by atoms with E-state index in [4.69, 9.17) is 0 Å². The molecule has 0 aliphatic rings. The molecule has 0 saturated carbocycles. The molecule has 0 aliphatic carbocycles. The first-order valence-electron chi connectivity index (χ1n) is 5.82.